The summed E-state index contributed by atoms with van der Waals surface area (Å²) in [4.78, 5) is 14.9. The summed E-state index contributed by atoms with van der Waals surface area (Å²) in [5.41, 5.74) is 0.910. The van der Waals surface area contributed by atoms with E-state index in [1.54, 1.807) is 7.11 Å². The highest BCUT2D eigenvalue weighted by Gasteiger charge is 2.10. The summed E-state index contributed by atoms with van der Waals surface area (Å²) in [6.45, 7) is 0. The zero-order valence-electron chi connectivity index (χ0n) is 12.2. The number of methoxy groups -OCH3 is 1. The van der Waals surface area contributed by atoms with Gasteiger partial charge in [-0.25, -0.2) is 9.78 Å². The van der Waals surface area contributed by atoms with Gasteiger partial charge in [-0.15, -0.1) is 11.3 Å². The Kier molecular flexibility index (Phi) is 4.25. The number of rotatable bonds is 5. The molecule has 0 spiro atoms. The molecular formula is C17H13NO4S. The Hall–Kier alpha value is -2.86. The van der Waals surface area contributed by atoms with E-state index in [1.807, 2.05) is 48.5 Å². The first kappa shape index (κ1) is 15.1. The minimum Gasteiger partial charge on any atom is -0.497 e. The van der Waals surface area contributed by atoms with Crippen LogP contribution in [0.1, 0.15) is 10.5 Å². The Morgan fingerprint density at radius 3 is 2.09 bits per heavy atom. The van der Waals surface area contributed by atoms with Gasteiger partial charge in [0, 0.05) is 10.9 Å². The predicted molar refractivity (Wildman–Crippen MR) is 87.6 cm³/mol. The maximum Gasteiger partial charge on any atom is 0.355 e. The van der Waals surface area contributed by atoms with Gasteiger partial charge in [0.15, 0.2) is 5.69 Å². The van der Waals surface area contributed by atoms with Gasteiger partial charge in [-0.1, -0.05) is 0 Å². The molecule has 0 unspecified atom stereocenters. The van der Waals surface area contributed by atoms with Gasteiger partial charge in [0.2, 0.25) is 0 Å². The molecule has 0 bridgehead atoms. The molecule has 2 aromatic carbocycles. The summed E-state index contributed by atoms with van der Waals surface area (Å²) in [7, 11) is 1.61. The number of thiazole rings is 1. The Morgan fingerprint density at radius 1 is 1.00 bits per heavy atom. The fourth-order valence-corrected chi connectivity index (χ4v) is 2.75. The normalized spacial score (nSPS) is 10.3. The van der Waals surface area contributed by atoms with Gasteiger partial charge in [0.1, 0.15) is 22.3 Å². The molecule has 1 N–H and O–H groups in total. The van der Waals surface area contributed by atoms with E-state index < -0.39 is 5.97 Å². The molecule has 3 aromatic rings. The monoisotopic (exact) mass is 327 g/mol. The van der Waals surface area contributed by atoms with Crippen molar-refractivity contribution >= 4 is 17.3 Å². The van der Waals surface area contributed by atoms with Crippen molar-refractivity contribution in [2.45, 2.75) is 0 Å². The number of hydrogen-bond acceptors (Lipinski definition) is 5. The average molecular weight is 327 g/mol. The van der Waals surface area contributed by atoms with Gasteiger partial charge in [-0.05, 0) is 48.5 Å². The number of benzene rings is 2. The highest BCUT2D eigenvalue weighted by atomic mass is 32.1. The number of nitrogens with zero attached hydrogens (tertiary/aromatic N) is 1. The second-order valence-corrected chi connectivity index (χ2v) is 5.50. The molecule has 0 aliphatic carbocycles. The number of carboxylic acids is 1. The molecule has 1 aromatic heterocycles. The van der Waals surface area contributed by atoms with E-state index >= 15 is 0 Å². The lowest BCUT2D eigenvalue weighted by molar-refractivity contribution is 0.0691. The standard InChI is InChI=1S/C17H13NO4S/c1-21-12-6-8-14(9-7-12)22-13-4-2-11(3-5-13)16-18-15(10-23-16)17(19)20/h2-10H,1H3,(H,19,20). The molecule has 0 aliphatic rings. The SMILES string of the molecule is COc1ccc(Oc2ccc(-c3nc(C(=O)O)cs3)cc2)cc1. The lowest BCUT2D eigenvalue weighted by atomic mass is 10.2. The molecule has 0 atom stereocenters. The highest BCUT2D eigenvalue weighted by Crippen LogP contribution is 2.28. The highest BCUT2D eigenvalue weighted by molar-refractivity contribution is 7.13. The fraction of sp³-hybridized carbons (Fsp3) is 0.0588. The molecule has 0 radical (unpaired) electrons. The van der Waals surface area contributed by atoms with Crippen LogP contribution in [0.3, 0.4) is 0 Å². The third kappa shape index (κ3) is 3.49. The number of ether oxygens (including phenoxy) is 2. The summed E-state index contributed by atoms with van der Waals surface area (Å²) in [6, 6.07) is 14.6. The van der Waals surface area contributed by atoms with Crippen molar-refractivity contribution in [2.24, 2.45) is 0 Å². The molecule has 0 fully saturated rings. The smallest absolute Gasteiger partial charge is 0.355 e. The van der Waals surface area contributed by atoms with E-state index in [0.29, 0.717) is 16.5 Å². The fourth-order valence-electron chi connectivity index (χ4n) is 1.95. The van der Waals surface area contributed by atoms with Crippen molar-refractivity contribution in [1.82, 2.24) is 4.98 Å². The second-order valence-electron chi connectivity index (χ2n) is 4.65. The Bertz CT molecular complexity index is 809. The van der Waals surface area contributed by atoms with Crippen molar-refractivity contribution in [3.63, 3.8) is 0 Å². The van der Waals surface area contributed by atoms with Gasteiger partial charge in [0.25, 0.3) is 0 Å². The second kappa shape index (κ2) is 6.50. The maximum absolute atomic E-state index is 10.9. The summed E-state index contributed by atoms with van der Waals surface area (Å²) in [5.74, 6) is 1.15. The van der Waals surface area contributed by atoms with E-state index in [-0.39, 0.29) is 5.69 Å². The largest absolute Gasteiger partial charge is 0.497 e. The van der Waals surface area contributed by atoms with Crippen LogP contribution in [0, 0.1) is 0 Å². The summed E-state index contributed by atoms with van der Waals surface area (Å²) in [5, 5.41) is 11.1. The van der Waals surface area contributed by atoms with Crippen LogP contribution in [0.5, 0.6) is 17.2 Å². The van der Waals surface area contributed by atoms with Crippen molar-refractivity contribution in [3.05, 3.63) is 59.6 Å². The molecule has 0 amide bonds. The van der Waals surface area contributed by atoms with Crippen LogP contribution in [0.4, 0.5) is 0 Å². The summed E-state index contributed by atoms with van der Waals surface area (Å²) < 4.78 is 10.8. The molecule has 1 heterocycles. The van der Waals surface area contributed by atoms with E-state index in [1.165, 1.54) is 16.7 Å². The lowest BCUT2D eigenvalue weighted by Crippen LogP contribution is -1.95. The quantitative estimate of drug-likeness (QED) is 0.756. The topological polar surface area (TPSA) is 68.7 Å². The number of aromatic carboxylic acids is 1. The maximum atomic E-state index is 10.9. The zero-order chi connectivity index (χ0) is 16.2. The van der Waals surface area contributed by atoms with Crippen LogP contribution in [-0.2, 0) is 0 Å². The average Bonchev–Trinajstić information content (AvgIpc) is 3.07. The van der Waals surface area contributed by atoms with Gasteiger partial charge < -0.3 is 14.6 Å². The first-order valence-corrected chi connectivity index (χ1v) is 7.65. The molecule has 23 heavy (non-hydrogen) atoms. The molecule has 116 valence electrons. The first-order valence-electron chi connectivity index (χ1n) is 6.77. The van der Waals surface area contributed by atoms with E-state index in [9.17, 15) is 4.79 Å². The van der Waals surface area contributed by atoms with Gasteiger partial charge in [-0.2, -0.15) is 0 Å². The van der Waals surface area contributed by atoms with Crippen LogP contribution in [0.15, 0.2) is 53.9 Å². The summed E-state index contributed by atoms with van der Waals surface area (Å²) >= 11 is 1.30. The number of carbonyl (C=O) groups is 1. The minimum absolute atomic E-state index is 0.0589. The first-order chi connectivity index (χ1) is 11.2. The zero-order valence-corrected chi connectivity index (χ0v) is 13.0. The van der Waals surface area contributed by atoms with Crippen LogP contribution < -0.4 is 9.47 Å². The van der Waals surface area contributed by atoms with Crippen LogP contribution in [-0.4, -0.2) is 23.2 Å². The van der Waals surface area contributed by atoms with Crippen molar-refractivity contribution in [1.29, 1.82) is 0 Å². The molecule has 6 heteroatoms. The van der Waals surface area contributed by atoms with Crippen LogP contribution in [0.2, 0.25) is 0 Å². The van der Waals surface area contributed by atoms with E-state index in [2.05, 4.69) is 4.98 Å². The van der Waals surface area contributed by atoms with E-state index in [0.717, 1.165) is 11.3 Å². The predicted octanol–water partition coefficient (Wildman–Crippen LogP) is 4.31. The molecule has 0 saturated carbocycles. The summed E-state index contributed by atoms with van der Waals surface area (Å²) in [6.07, 6.45) is 0. The van der Waals surface area contributed by atoms with E-state index in [4.69, 9.17) is 14.6 Å². The Labute approximate surface area is 136 Å². The van der Waals surface area contributed by atoms with Gasteiger partial charge in [-0.3, -0.25) is 0 Å². The van der Waals surface area contributed by atoms with Crippen molar-refractivity contribution < 1.29 is 19.4 Å². The van der Waals surface area contributed by atoms with Crippen LogP contribution >= 0.6 is 11.3 Å². The molecular weight excluding hydrogens is 314 g/mol. The van der Waals surface area contributed by atoms with Crippen LogP contribution in [0.25, 0.3) is 10.6 Å². The third-order valence-electron chi connectivity index (χ3n) is 3.12. The third-order valence-corrected chi connectivity index (χ3v) is 4.01. The number of aromatic nitrogens is 1. The molecule has 5 nitrogen and oxygen atoms in total. The molecule has 0 saturated heterocycles. The molecule has 3 rings (SSSR count). The lowest BCUT2D eigenvalue weighted by Gasteiger charge is -2.07. The van der Waals surface area contributed by atoms with Gasteiger partial charge in [0.05, 0.1) is 7.11 Å². The van der Waals surface area contributed by atoms with Gasteiger partial charge >= 0.3 is 5.97 Å². The van der Waals surface area contributed by atoms with Crippen molar-refractivity contribution in [2.75, 3.05) is 7.11 Å². The number of hydrogen-bond donors (Lipinski definition) is 1. The minimum atomic E-state index is -1.02. The molecule has 0 aliphatic heterocycles. The van der Waals surface area contributed by atoms with Crippen molar-refractivity contribution in [3.8, 4) is 27.8 Å². The Morgan fingerprint density at radius 2 is 1.57 bits per heavy atom. The Balaban J connectivity index is 1.74. The number of carboxylic acid groups (broad SMARTS) is 1.